The van der Waals surface area contributed by atoms with Crippen LogP contribution in [0.2, 0.25) is 0 Å². The summed E-state index contributed by atoms with van der Waals surface area (Å²) in [6.07, 6.45) is 4.26. The Labute approximate surface area is 162 Å². The number of hydrogen-bond donors (Lipinski definition) is 1. The third-order valence-electron chi connectivity index (χ3n) is 5.31. The van der Waals surface area contributed by atoms with Gasteiger partial charge in [-0.1, -0.05) is 6.07 Å². The summed E-state index contributed by atoms with van der Waals surface area (Å²) in [5.41, 5.74) is 4.36. The van der Waals surface area contributed by atoms with Gasteiger partial charge >= 0.3 is 0 Å². The summed E-state index contributed by atoms with van der Waals surface area (Å²) in [7, 11) is 1.66. The van der Waals surface area contributed by atoms with Crippen LogP contribution in [-0.4, -0.2) is 36.2 Å². The maximum Gasteiger partial charge on any atom is 0.246 e. The van der Waals surface area contributed by atoms with E-state index in [4.69, 9.17) is 14.2 Å². The zero-order valence-electron chi connectivity index (χ0n) is 15.5. The average molecular weight is 376 g/mol. The Morgan fingerprint density at radius 3 is 2.96 bits per heavy atom. The van der Waals surface area contributed by atoms with Crippen LogP contribution in [-0.2, 0) is 17.8 Å². The quantitative estimate of drug-likeness (QED) is 0.711. The SMILES string of the molecule is COc1ccc2[nH]c3c(c2c1)CN(C(=O)C=Cc1ccc2c(c1)OCO2)CC3. The molecule has 0 fully saturated rings. The predicted molar refractivity (Wildman–Crippen MR) is 106 cm³/mol. The van der Waals surface area contributed by atoms with Gasteiger partial charge in [0.1, 0.15) is 5.75 Å². The molecule has 6 nitrogen and oxygen atoms in total. The number of methoxy groups -OCH3 is 1. The minimum absolute atomic E-state index is 0.000521. The Balaban J connectivity index is 1.36. The first-order chi connectivity index (χ1) is 13.7. The Bertz CT molecular complexity index is 1100. The summed E-state index contributed by atoms with van der Waals surface area (Å²) in [4.78, 5) is 18.1. The number of nitrogens with zero attached hydrogens (tertiary/aromatic N) is 1. The lowest BCUT2D eigenvalue weighted by atomic mass is 10.0. The lowest BCUT2D eigenvalue weighted by Gasteiger charge is -2.26. The smallest absolute Gasteiger partial charge is 0.246 e. The Morgan fingerprint density at radius 1 is 1.18 bits per heavy atom. The molecule has 142 valence electrons. The lowest BCUT2D eigenvalue weighted by Crippen LogP contribution is -2.34. The van der Waals surface area contributed by atoms with Crippen LogP contribution >= 0.6 is 0 Å². The molecule has 0 bridgehead atoms. The van der Waals surface area contributed by atoms with E-state index in [0.29, 0.717) is 18.8 Å². The predicted octanol–water partition coefficient (Wildman–Crippen LogP) is 3.50. The van der Waals surface area contributed by atoms with Crippen molar-refractivity contribution < 1.29 is 19.0 Å². The normalized spacial score (nSPS) is 15.2. The molecule has 2 aromatic carbocycles. The number of aromatic nitrogens is 1. The van der Waals surface area contributed by atoms with Crippen molar-refractivity contribution in [3.8, 4) is 17.2 Å². The van der Waals surface area contributed by atoms with Gasteiger partial charge in [-0.15, -0.1) is 0 Å². The number of amides is 1. The molecule has 3 heterocycles. The van der Waals surface area contributed by atoms with E-state index in [9.17, 15) is 4.79 Å². The maximum atomic E-state index is 12.7. The maximum absolute atomic E-state index is 12.7. The van der Waals surface area contributed by atoms with E-state index in [-0.39, 0.29) is 12.7 Å². The van der Waals surface area contributed by atoms with Gasteiger partial charge in [-0.2, -0.15) is 0 Å². The minimum atomic E-state index is 0.000521. The second-order valence-corrected chi connectivity index (χ2v) is 6.95. The molecule has 0 spiro atoms. The zero-order valence-corrected chi connectivity index (χ0v) is 15.5. The molecular formula is C22H20N2O4. The summed E-state index contributed by atoms with van der Waals surface area (Å²) < 4.78 is 16.1. The zero-order chi connectivity index (χ0) is 19.1. The largest absolute Gasteiger partial charge is 0.497 e. The fourth-order valence-electron chi connectivity index (χ4n) is 3.80. The standard InChI is InChI=1S/C22H20N2O4/c1-26-15-4-5-18-16(11-15)17-12-24(9-8-19(17)23-18)22(25)7-3-14-2-6-20-21(10-14)28-13-27-20/h2-7,10-11,23H,8-9,12-13H2,1H3. The molecule has 0 radical (unpaired) electrons. The molecule has 3 aromatic rings. The highest BCUT2D eigenvalue weighted by Crippen LogP contribution is 2.33. The third-order valence-corrected chi connectivity index (χ3v) is 5.31. The van der Waals surface area contributed by atoms with Gasteiger partial charge in [0, 0.05) is 47.7 Å². The van der Waals surface area contributed by atoms with Gasteiger partial charge in [-0.3, -0.25) is 4.79 Å². The molecule has 1 N–H and O–H groups in total. The average Bonchev–Trinajstić information content (AvgIpc) is 3.34. The van der Waals surface area contributed by atoms with Gasteiger partial charge in [-0.25, -0.2) is 0 Å². The molecule has 5 rings (SSSR count). The molecule has 0 saturated heterocycles. The van der Waals surface area contributed by atoms with Crippen LogP contribution in [0, 0.1) is 0 Å². The minimum Gasteiger partial charge on any atom is -0.497 e. The number of carbonyl (C=O) groups excluding carboxylic acids is 1. The Hall–Kier alpha value is -3.41. The van der Waals surface area contributed by atoms with E-state index in [2.05, 4.69) is 4.98 Å². The molecule has 6 heteroatoms. The number of nitrogens with one attached hydrogen (secondary N) is 1. The highest BCUT2D eigenvalue weighted by molar-refractivity contribution is 5.93. The molecule has 0 unspecified atom stereocenters. The molecule has 1 amide bonds. The fraction of sp³-hybridized carbons (Fsp3) is 0.227. The highest BCUT2D eigenvalue weighted by Gasteiger charge is 2.23. The summed E-state index contributed by atoms with van der Waals surface area (Å²) in [5, 5.41) is 1.12. The number of aromatic amines is 1. The van der Waals surface area contributed by atoms with Crippen LogP contribution in [0.1, 0.15) is 16.8 Å². The first kappa shape index (κ1) is 16.7. The Morgan fingerprint density at radius 2 is 2.07 bits per heavy atom. The van der Waals surface area contributed by atoms with Gasteiger partial charge in [0.2, 0.25) is 12.7 Å². The van der Waals surface area contributed by atoms with Gasteiger partial charge in [-0.05, 0) is 42.0 Å². The number of fused-ring (bicyclic) bond motifs is 4. The van der Waals surface area contributed by atoms with Gasteiger partial charge in [0.05, 0.1) is 7.11 Å². The van der Waals surface area contributed by atoms with Crippen molar-refractivity contribution in [2.75, 3.05) is 20.4 Å². The number of H-pyrrole nitrogens is 1. The van der Waals surface area contributed by atoms with E-state index >= 15 is 0 Å². The van der Waals surface area contributed by atoms with Crippen LogP contribution in [0.3, 0.4) is 0 Å². The van der Waals surface area contributed by atoms with Crippen molar-refractivity contribution in [2.24, 2.45) is 0 Å². The molecule has 0 atom stereocenters. The number of ether oxygens (including phenoxy) is 3. The number of hydrogen-bond acceptors (Lipinski definition) is 4. The van der Waals surface area contributed by atoms with E-state index in [1.807, 2.05) is 47.4 Å². The van der Waals surface area contributed by atoms with Crippen molar-refractivity contribution >= 4 is 22.9 Å². The summed E-state index contributed by atoms with van der Waals surface area (Å²) in [6, 6.07) is 11.7. The van der Waals surface area contributed by atoms with Crippen LogP contribution in [0.5, 0.6) is 17.2 Å². The van der Waals surface area contributed by atoms with Crippen molar-refractivity contribution in [1.29, 1.82) is 0 Å². The van der Waals surface area contributed by atoms with Gasteiger partial charge in [0.15, 0.2) is 11.5 Å². The number of benzene rings is 2. The second kappa shape index (κ2) is 6.64. The fourth-order valence-corrected chi connectivity index (χ4v) is 3.80. The van der Waals surface area contributed by atoms with E-state index < -0.39 is 0 Å². The molecular weight excluding hydrogens is 356 g/mol. The molecule has 2 aliphatic heterocycles. The van der Waals surface area contributed by atoms with Crippen LogP contribution < -0.4 is 14.2 Å². The number of rotatable bonds is 3. The van der Waals surface area contributed by atoms with Crippen molar-refractivity contribution in [2.45, 2.75) is 13.0 Å². The molecule has 1 aromatic heterocycles. The monoisotopic (exact) mass is 376 g/mol. The third kappa shape index (κ3) is 2.87. The summed E-state index contributed by atoms with van der Waals surface area (Å²) in [6.45, 7) is 1.53. The lowest BCUT2D eigenvalue weighted by molar-refractivity contribution is -0.126. The van der Waals surface area contributed by atoms with Crippen LogP contribution in [0.4, 0.5) is 0 Å². The van der Waals surface area contributed by atoms with Crippen molar-refractivity contribution in [3.63, 3.8) is 0 Å². The first-order valence-corrected chi connectivity index (χ1v) is 9.25. The second-order valence-electron chi connectivity index (χ2n) is 6.95. The van der Waals surface area contributed by atoms with Crippen molar-refractivity contribution in [3.05, 3.63) is 59.3 Å². The molecule has 0 saturated carbocycles. The van der Waals surface area contributed by atoms with E-state index in [1.165, 1.54) is 11.3 Å². The highest BCUT2D eigenvalue weighted by atomic mass is 16.7. The van der Waals surface area contributed by atoms with Gasteiger partial charge in [0.25, 0.3) is 0 Å². The van der Waals surface area contributed by atoms with E-state index in [0.717, 1.165) is 34.4 Å². The molecule has 28 heavy (non-hydrogen) atoms. The summed E-state index contributed by atoms with van der Waals surface area (Å²) in [5.74, 6) is 2.27. The number of carbonyl (C=O) groups is 1. The Kier molecular flexibility index (Phi) is 3.97. The van der Waals surface area contributed by atoms with Crippen LogP contribution in [0.15, 0.2) is 42.5 Å². The molecule has 2 aliphatic rings. The van der Waals surface area contributed by atoms with Crippen molar-refractivity contribution in [1.82, 2.24) is 9.88 Å². The summed E-state index contributed by atoms with van der Waals surface area (Å²) >= 11 is 0. The topological polar surface area (TPSA) is 63.8 Å². The van der Waals surface area contributed by atoms with Gasteiger partial charge < -0.3 is 24.1 Å². The van der Waals surface area contributed by atoms with Crippen LogP contribution in [0.25, 0.3) is 17.0 Å². The first-order valence-electron chi connectivity index (χ1n) is 9.25. The molecule has 0 aliphatic carbocycles. The van der Waals surface area contributed by atoms with E-state index in [1.54, 1.807) is 13.2 Å².